The lowest BCUT2D eigenvalue weighted by Gasteiger charge is -2.19. The first-order valence-corrected chi connectivity index (χ1v) is 30.9. The molecular formula is C58H118N2O28. The third-order valence-electron chi connectivity index (χ3n) is 10.0. The van der Waals surface area contributed by atoms with Crippen LogP contribution in [-0.4, -0.2) is 353 Å². The average Bonchev–Trinajstić information content (AvgIpc) is 3.51. The van der Waals surface area contributed by atoms with E-state index in [2.05, 4.69) is 0 Å². The molecule has 0 heterocycles. The first kappa shape index (κ1) is 88.0. The third kappa shape index (κ3) is 88.1. The largest absolute Gasteiger partial charge is 0.481 e. The maximum absolute atomic E-state index is 11.6. The van der Waals surface area contributed by atoms with Gasteiger partial charge in [-0.3, -0.25) is 9.59 Å². The molecule has 0 saturated heterocycles. The number of aliphatic carboxylic acids is 1. The lowest BCUT2D eigenvalue weighted by molar-refractivity contribution is -0.156. The van der Waals surface area contributed by atoms with E-state index >= 15 is 0 Å². The summed E-state index contributed by atoms with van der Waals surface area (Å²) >= 11 is 0. The molecule has 0 aromatic carbocycles. The Hall–Kier alpha value is -2.10. The minimum Gasteiger partial charge on any atom is -0.481 e. The topological polar surface area (TPSA) is 337 Å². The van der Waals surface area contributed by atoms with Gasteiger partial charge in [-0.15, -0.1) is 0 Å². The summed E-state index contributed by atoms with van der Waals surface area (Å²) in [6.07, 6.45) is 0.229. The molecule has 0 amide bonds. The van der Waals surface area contributed by atoms with Gasteiger partial charge < -0.3 is 135 Å². The van der Waals surface area contributed by atoms with Gasteiger partial charge in [0.05, 0.1) is 330 Å². The number of rotatable bonds is 76. The molecule has 0 radical (unpaired) electrons. The second kappa shape index (κ2) is 79.1. The molecule has 0 aliphatic heterocycles. The Labute approximate surface area is 524 Å². The Morgan fingerprint density at radius 2 is 0.352 bits per heavy atom. The van der Waals surface area contributed by atoms with Crippen molar-refractivity contribution in [3.05, 3.63) is 0 Å². The van der Waals surface area contributed by atoms with Gasteiger partial charge >= 0.3 is 11.9 Å². The molecule has 30 heteroatoms. The van der Waals surface area contributed by atoms with Crippen LogP contribution >= 0.6 is 0 Å². The summed E-state index contributed by atoms with van der Waals surface area (Å²) in [5.41, 5.74) is 10.2. The number of carbonyl (C=O) groups excluding carboxylic acids is 1. The normalized spacial score (nSPS) is 11.6. The van der Waals surface area contributed by atoms with Crippen molar-refractivity contribution in [2.75, 3.05) is 330 Å². The monoisotopic (exact) mass is 1290 g/mol. The van der Waals surface area contributed by atoms with Crippen LogP contribution in [0.3, 0.4) is 0 Å². The van der Waals surface area contributed by atoms with Crippen molar-refractivity contribution >= 4 is 11.9 Å². The highest BCUT2D eigenvalue weighted by atomic mass is 16.6. The van der Waals surface area contributed by atoms with E-state index < -0.39 is 11.6 Å². The molecule has 0 rings (SSSR count). The minimum absolute atomic E-state index is 0.00219. The van der Waals surface area contributed by atoms with E-state index in [1.807, 2.05) is 20.8 Å². The fourth-order valence-corrected chi connectivity index (χ4v) is 5.92. The van der Waals surface area contributed by atoms with Crippen LogP contribution < -0.4 is 11.5 Å². The van der Waals surface area contributed by atoms with Crippen molar-refractivity contribution < 1.29 is 133 Å². The quantitative estimate of drug-likeness (QED) is 0.0551. The second-order valence-corrected chi connectivity index (χ2v) is 18.8. The zero-order valence-electron chi connectivity index (χ0n) is 53.9. The van der Waals surface area contributed by atoms with E-state index in [0.717, 1.165) is 0 Å². The molecule has 30 nitrogen and oxygen atoms in total. The maximum atomic E-state index is 11.6. The fraction of sp³-hybridized carbons (Fsp3) is 0.966. The number of carboxylic acid groups (broad SMARTS) is 1. The molecule has 5 N–H and O–H groups in total. The standard InChI is InChI=1S/C31H63NO14.C27H55NO14/c1-31(2,3)46-30(33)4-6-34-8-10-36-12-14-38-16-18-40-20-22-42-24-26-44-28-29-45-27-25-43-23-21-41-19-17-39-15-13-37-11-9-35-7-5-32;28-2-4-32-6-8-34-10-12-36-14-16-38-18-20-40-22-24-42-26-25-41-23-21-39-19-17-37-15-13-35-11-9-33-7-5-31-3-1-27(29)30/h4-29,32H2,1-3H3;1-26,28H2,(H,29,30). The number of carboxylic acids is 1. The Kier molecular flexibility index (Phi) is 79.1. The van der Waals surface area contributed by atoms with Crippen LogP contribution in [0.5, 0.6) is 0 Å². The molecule has 0 bridgehead atoms. The zero-order chi connectivity index (χ0) is 64.1. The summed E-state index contributed by atoms with van der Waals surface area (Å²) in [4.78, 5) is 21.9. The van der Waals surface area contributed by atoms with Gasteiger partial charge in [0, 0.05) is 13.1 Å². The van der Waals surface area contributed by atoms with Crippen LogP contribution in [0.1, 0.15) is 33.6 Å². The summed E-state index contributed by atoms with van der Waals surface area (Å²) in [5, 5.41) is 8.48. The number of carbonyl (C=O) groups is 2. The smallest absolute Gasteiger partial charge is 0.308 e. The zero-order valence-corrected chi connectivity index (χ0v) is 53.9. The molecule has 0 aromatic rings. The van der Waals surface area contributed by atoms with Crippen LogP contribution in [0.2, 0.25) is 0 Å². The SMILES string of the molecule is CC(C)(C)OC(=O)CCOCCOCCOCCOCCOCCOCCOCCOCCOCCOCCOCCOCCN.NCCOCCOCCOCCOCCOCCOCCOCCOCCOCCOCCOCCOCCC(=O)O. The van der Waals surface area contributed by atoms with Gasteiger partial charge in [0.1, 0.15) is 5.60 Å². The summed E-state index contributed by atoms with van der Waals surface area (Å²) < 4.78 is 135. The van der Waals surface area contributed by atoms with E-state index in [1.165, 1.54) is 0 Å². The fourth-order valence-electron chi connectivity index (χ4n) is 5.92. The number of nitrogens with two attached hydrogens (primary N) is 2. The lowest BCUT2D eigenvalue weighted by Crippen LogP contribution is -2.24. The minimum atomic E-state index is -0.874. The van der Waals surface area contributed by atoms with Crippen LogP contribution in [-0.2, 0) is 128 Å². The highest BCUT2D eigenvalue weighted by molar-refractivity contribution is 5.69. The van der Waals surface area contributed by atoms with Crippen molar-refractivity contribution in [1.82, 2.24) is 0 Å². The Balaban J connectivity index is 0. The average molecular weight is 1290 g/mol. The van der Waals surface area contributed by atoms with Crippen LogP contribution in [0.25, 0.3) is 0 Å². The van der Waals surface area contributed by atoms with Crippen molar-refractivity contribution in [3.8, 4) is 0 Å². The lowest BCUT2D eigenvalue weighted by atomic mass is 10.2. The van der Waals surface area contributed by atoms with Crippen molar-refractivity contribution in [2.24, 2.45) is 11.5 Å². The van der Waals surface area contributed by atoms with Gasteiger partial charge in [0.2, 0.25) is 0 Å². The maximum Gasteiger partial charge on any atom is 0.308 e. The molecule has 88 heavy (non-hydrogen) atoms. The van der Waals surface area contributed by atoms with Crippen molar-refractivity contribution in [2.45, 2.75) is 39.2 Å². The van der Waals surface area contributed by atoms with E-state index in [1.54, 1.807) is 0 Å². The first-order valence-electron chi connectivity index (χ1n) is 30.9. The molecule has 0 spiro atoms. The van der Waals surface area contributed by atoms with Gasteiger partial charge in [0.15, 0.2) is 0 Å². The highest BCUT2D eigenvalue weighted by Gasteiger charge is 2.15. The predicted molar refractivity (Wildman–Crippen MR) is 320 cm³/mol. The molecule has 0 fully saturated rings. The predicted octanol–water partition coefficient (Wildman–Crippen LogP) is 0.495. The van der Waals surface area contributed by atoms with Gasteiger partial charge in [-0.05, 0) is 20.8 Å². The van der Waals surface area contributed by atoms with Gasteiger partial charge in [0.25, 0.3) is 0 Å². The molecule has 0 unspecified atom stereocenters. The summed E-state index contributed by atoms with van der Waals surface area (Å²) in [6.45, 7) is 29.9. The van der Waals surface area contributed by atoms with E-state index in [4.69, 9.17) is 135 Å². The Morgan fingerprint density at radius 3 is 0.477 bits per heavy atom. The van der Waals surface area contributed by atoms with E-state index in [-0.39, 0.29) is 25.4 Å². The van der Waals surface area contributed by atoms with Gasteiger partial charge in [-0.25, -0.2) is 0 Å². The van der Waals surface area contributed by atoms with E-state index in [0.29, 0.717) is 324 Å². The number of hydrogen-bond acceptors (Lipinski definition) is 29. The Morgan fingerprint density at radius 1 is 0.227 bits per heavy atom. The summed E-state index contributed by atoms with van der Waals surface area (Å²) in [6, 6.07) is 0. The van der Waals surface area contributed by atoms with Crippen molar-refractivity contribution in [1.29, 1.82) is 0 Å². The molecular weight excluding hydrogens is 1170 g/mol. The van der Waals surface area contributed by atoms with Crippen LogP contribution in [0.15, 0.2) is 0 Å². The molecule has 0 aliphatic carbocycles. The van der Waals surface area contributed by atoms with E-state index in [9.17, 15) is 9.59 Å². The third-order valence-corrected chi connectivity index (χ3v) is 10.0. The van der Waals surface area contributed by atoms with Crippen LogP contribution in [0.4, 0.5) is 0 Å². The summed E-state index contributed by atoms with van der Waals surface area (Å²) in [5.74, 6) is -1.14. The van der Waals surface area contributed by atoms with Gasteiger partial charge in [-0.2, -0.15) is 0 Å². The Bertz CT molecular complexity index is 1320. The van der Waals surface area contributed by atoms with Gasteiger partial charge in [-0.1, -0.05) is 0 Å². The number of ether oxygens (including phenoxy) is 25. The molecule has 0 atom stereocenters. The summed E-state index contributed by atoms with van der Waals surface area (Å²) in [7, 11) is 0. The number of esters is 1. The first-order chi connectivity index (χ1) is 43.2. The molecule has 0 saturated carbocycles. The number of hydrogen-bond donors (Lipinski definition) is 3. The van der Waals surface area contributed by atoms with Crippen LogP contribution in [0, 0.1) is 0 Å². The molecule has 0 aromatic heterocycles. The molecule has 0 aliphatic rings. The molecule has 528 valence electrons. The second-order valence-electron chi connectivity index (χ2n) is 18.8. The van der Waals surface area contributed by atoms with Crippen molar-refractivity contribution in [3.63, 3.8) is 0 Å². The highest BCUT2D eigenvalue weighted by Crippen LogP contribution is 2.08.